The summed E-state index contributed by atoms with van der Waals surface area (Å²) in [5.74, 6) is -0.400. The van der Waals surface area contributed by atoms with Crippen LogP contribution in [-0.4, -0.2) is 44.0 Å². The van der Waals surface area contributed by atoms with Gasteiger partial charge in [-0.1, -0.05) is 6.92 Å². The number of carbonyl (C=O) groups is 2. The van der Waals surface area contributed by atoms with E-state index in [1.165, 1.54) is 0 Å². The van der Waals surface area contributed by atoms with Crippen LogP contribution in [0.1, 0.15) is 26.7 Å². The molecular formula is C12H22N2O3. The molecule has 0 radical (unpaired) electrons. The van der Waals surface area contributed by atoms with Crippen LogP contribution in [0.5, 0.6) is 0 Å². The Morgan fingerprint density at radius 2 is 2.24 bits per heavy atom. The van der Waals surface area contributed by atoms with Crippen molar-refractivity contribution in [3.63, 3.8) is 0 Å². The molecule has 1 heterocycles. The van der Waals surface area contributed by atoms with Gasteiger partial charge >= 0.3 is 0 Å². The zero-order chi connectivity index (χ0) is 12.8. The van der Waals surface area contributed by atoms with Crippen LogP contribution >= 0.6 is 0 Å². The number of rotatable bonds is 6. The van der Waals surface area contributed by atoms with Gasteiger partial charge in [-0.3, -0.25) is 4.79 Å². The fourth-order valence-corrected chi connectivity index (χ4v) is 2.25. The van der Waals surface area contributed by atoms with E-state index in [1.807, 2.05) is 6.92 Å². The van der Waals surface area contributed by atoms with Gasteiger partial charge in [0.15, 0.2) is 0 Å². The molecule has 5 nitrogen and oxygen atoms in total. The number of carbonyl (C=O) groups excluding carboxylic acids is 2. The summed E-state index contributed by atoms with van der Waals surface area (Å²) in [5, 5.41) is 5.99. The molecule has 0 spiro atoms. The Bertz CT molecular complexity index is 264. The fourth-order valence-electron chi connectivity index (χ4n) is 2.25. The average molecular weight is 242 g/mol. The lowest BCUT2D eigenvalue weighted by atomic mass is 9.95. The second kappa shape index (κ2) is 6.71. The standard InChI is InChI=1S/C12H22N2O3/c1-8(7-15)14-12(16)9(2)11(17-3)10-5-4-6-13-10/h7-11,13H,4-6H2,1-3H3,(H,14,16)/t8-,9+,10-,11+/m0/s1. The first kappa shape index (κ1) is 14.1. The van der Waals surface area contributed by atoms with Crippen molar-refractivity contribution in [1.82, 2.24) is 10.6 Å². The molecule has 0 aromatic carbocycles. The van der Waals surface area contributed by atoms with Crippen molar-refractivity contribution in [2.45, 2.75) is 44.9 Å². The summed E-state index contributed by atoms with van der Waals surface area (Å²) in [6, 6.07) is -0.216. The maximum atomic E-state index is 11.9. The first-order chi connectivity index (χ1) is 8.10. The molecule has 4 atom stereocenters. The molecule has 0 aromatic rings. The van der Waals surface area contributed by atoms with Crippen LogP contribution in [0.3, 0.4) is 0 Å². The summed E-state index contributed by atoms with van der Waals surface area (Å²) in [6.45, 7) is 4.47. The van der Waals surface area contributed by atoms with Gasteiger partial charge in [0.2, 0.25) is 5.91 Å². The van der Waals surface area contributed by atoms with Gasteiger partial charge in [0, 0.05) is 13.2 Å². The van der Waals surface area contributed by atoms with E-state index in [9.17, 15) is 9.59 Å². The van der Waals surface area contributed by atoms with E-state index < -0.39 is 6.04 Å². The van der Waals surface area contributed by atoms with Crippen molar-refractivity contribution in [2.75, 3.05) is 13.7 Å². The number of amides is 1. The van der Waals surface area contributed by atoms with Crippen LogP contribution in [0.4, 0.5) is 0 Å². The van der Waals surface area contributed by atoms with Crippen molar-refractivity contribution >= 4 is 12.2 Å². The lowest BCUT2D eigenvalue weighted by molar-refractivity contribution is -0.131. The topological polar surface area (TPSA) is 67.4 Å². The molecule has 0 bridgehead atoms. The molecule has 0 unspecified atom stereocenters. The van der Waals surface area contributed by atoms with E-state index in [4.69, 9.17) is 4.74 Å². The van der Waals surface area contributed by atoms with E-state index in [-0.39, 0.29) is 24.0 Å². The van der Waals surface area contributed by atoms with Crippen molar-refractivity contribution in [1.29, 1.82) is 0 Å². The quantitative estimate of drug-likeness (QED) is 0.648. The van der Waals surface area contributed by atoms with Crippen molar-refractivity contribution < 1.29 is 14.3 Å². The lowest BCUT2D eigenvalue weighted by Gasteiger charge is -2.27. The molecule has 5 heteroatoms. The summed E-state index contributed by atoms with van der Waals surface area (Å²) >= 11 is 0. The Balaban J connectivity index is 2.55. The van der Waals surface area contributed by atoms with Crippen LogP contribution in [0.25, 0.3) is 0 Å². The molecule has 2 N–H and O–H groups in total. The number of methoxy groups -OCH3 is 1. The second-order valence-corrected chi connectivity index (χ2v) is 4.63. The maximum absolute atomic E-state index is 11.9. The zero-order valence-corrected chi connectivity index (χ0v) is 10.7. The number of hydrogen-bond donors (Lipinski definition) is 2. The molecule has 1 amide bonds. The maximum Gasteiger partial charge on any atom is 0.226 e. The Morgan fingerprint density at radius 1 is 1.53 bits per heavy atom. The highest BCUT2D eigenvalue weighted by atomic mass is 16.5. The van der Waals surface area contributed by atoms with E-state index in [2.05, 4.69) is 10.6 Å². The molecule has 98 valence electrons. The van der Waals surface area contributed by atoms with Gasteiger partial charge in [-0.15, -0.1) is 0 Å². The molecule has 0 saturated carbocycles. The minimum absolute atomic E-state index is 0.134. The normalized spacial score (nSPS) is 25.0. The van der Waals surface area contributed by atoms with Gasteiger partial charge in [0.25, 0.3) is 0 Å². The molecule has 17 heavy (non-hydrogen) atoms. The van der Waals surface area contributed by atoms with Gasteiger partial charge < -0.3 is 20.2 Å². The third-order valence-electron chi connectivity index (χ3n) is 3.25. The van der Waals surface area contributed by atoms with Crippen molar-refractivity contribution in [3.05, 3.63) is 0 Å². The first-order valence-corrected chi connectivity index (χ1v) is 6.12. The largest absolute Gasteiger partial charge is 0.379 e. The molecule has 1 saturated heterocycles. The van der Waals surface area contributed by atoms with E-state index in [1.54, 1.807) is 14.0 Å². The van der Waals surface area contributed by atoms with Gasteiger partial charge in [-0.05, 0) is 26.3 Å². The summed E-state index contributed by atoms with van der Waals surface area (Å²) < 4.78 is 5.42. The highest BCUT2D eigenvalue weighted by Crippen LogP contribution is 2.18. The number of nitrogens with one attached hydrogen (secondary N) is 2. The smallest absolute Gasteiger partial charge is 0.226 e. The zero-order valence-electron chi connectivity index (χ0n) is 10.7. The molecule has 0 aromatic heterocycles. The molecule has 1 fully saturated rings. The van der Waals surface area contributed by atoms with Crippen LogP contribution in [0.2, 0.25) is 0 Å². The molecular weight excluding hydrogens is 220 g/mol. The van der Waals surface area contributed by atoms with Gasteiger partial charge in [0.1, 0.15) is 6.29 Å². The third-order valence-corrected chi connectivity index (χ3v) is 3.25. The highest BCUT2D eigenvalue weighted by Gasteiger charge is 2.33. The van der Waals surface area contributed by atoms with Crippen LogP contribution in [0, 0.1) is 5.92 Å². The van der Waals surface area contributed by atoms with Crippen molar-refractivity contribution in [3.8, 4) is 0 Å². The summed E-state index contributed by atoms with van der Waals surface area (Å²) in [6.07, 6.45) is 2.72. The first-order valence-electron chi connectivity index (χ1n) is 6.12. The third kappa shape index (κ3) is 3.78. The van der Waals surface area contributed by atoms with Gasteiger partial charge in [0.05, 0.1) is 18.1 Å². The second-order valence-electron chi connectivity index (χ2n) is 4.63. The van der Waals surface area contributed by atoms with Crippen molar-refractivity contribution in [2.24, 2.45) is 5.92 Å². The van der Waals surface area contributed by atoms with Gasteiger partial charge in [-0.2, -0.15) is 0 Å². The summed E-state index contributed by atoms with van der Waals surface area (Å²) in [4.78, 5) is 22.4. The van der Waals surface area contributed by atoms with E-state index in [0.717, 1.165) is 25.7 Å². The predicted molar refractivity (Wildman–Crippen MR) is 64.7 cm³/mol. The Labute approximate surface area is 102 Å². The van der Waals surface area contributed by atoms with E-state index in [0.29, 0.717) is 0 Å². The van der Waals surface area contributed by atoms with Crippen LogP contribution < -0.4 is 10.6 Å². The summed E-state index contributed by atoms with van der Waals surface area (Å²) in [7, 11) is 1.62. The van der Waals surface area contributed by atoms with E-state index >= 15 is 0 Å². The Morgan fingerprint density at radius 3 is 2.71 bits per heavy atom. The molecule has 1 rings (SSSR count). The molecule has 1 aliphatic rings. The number of hydrogen-bond acceptors (Lipinski definition) is 4. The molecule has 0 aliphatic carbocycles. The van der Waals surface area contributed by atoms with Gasteiger partial charge in [-0.25, -0.2) is 0 Å². The monoisotopic (exact) mass is 242 g/mol. The average Bonchev–Trinajstić information content (AvgIpc) is 2.83. The predicted octanol–water partition coefficient (Wildman–Crippen LogP) is 0.0931. The highest BCUT2D eigenvalue weighted by molar-refractivity contribution is 5.81. The minimum atomic E-state index is -0.445. The number of ether oxygens (including phenoxy) is 1. The lowest BCUT2D eigenvalue weighted by Crippen LogP contribution is -2.48. The van der Waals surface area contributed by atoms with Crippen LogP contribution in [-0.2, 0) is 14.3 Å². The SMILES string of the molecule is CO[C@@H]([C@@H]1CCCN1)[C@@H](C)C(=O)N[C@@H](C)C=O. The minimum Gasteiger partial charge on any atom is -0.379 e. The number of aldehydes is 1. The Kier molecular flexibility index (Phi) is 5.58. The summed E-state index contributed by atoms with van der Waals surface area (Å²) in [5.41, 5.74) is 0. The van der Waals surface area contributed by atoms with Crippen LogP contribution in [0.15, 0.2) is 0 Å². The molecule has 1 aliphatic heterocycles. The fraction of sp³-hybridized carbons (Fsp3) is 0.833. The Hall–Kier alpha value is -0.940.